The lowest BCUT2D eigenvalue weighted by Gasteiger charge is -2.31. The molecular formula is C19H18F2N6O2. The minimum absolute atomic E-state index is 0.00806. The van der Waals surface area contributed by atoms with Crippen LogP contribution in [-0.4, -0.2) is 60.4 Å². The molecule has 10 heteroatoms. The number of halogens is 2. The van der Waals surface area contributed by atoms with Crippen LogP contribution in [0.25, 0.3) is 16.9 Å². The molecule has 0 saturated carbocycles. The summed E-state index contributed by atoms with van der Waals surface area (Å²) in [5.41, 5.74) is 1.53. The van der Waals surface area contributed by atoms with Crippen LogP contribution in [0.1, 0.15) is 12.8 Å². The molecule has 0 spiro atoms. The first kappa shape index (κ1) is 17.9. The van der Waals surface area contributed by atoms with Gasteiger partial charge in [0, 0.05) is 42.5 Å². The molecule has 2 fully saturated rings. The number of fused-ring (bicyclic) bond motifs is 2. The lowest BCUT2D eigenvalue weighted by molar-refractivity contribution is 0.0366. The topological polar surface area (TPSA) is 98.0 Å². The second-order valence-electron chi connectivity index (χ2n) is 7.27. The van der Waals surface area contributed by atoms with Crippen molar-refractivity contribution < 1.29 is 18.6 Å². The Balaban J connectivity index is 1.32. The van der Waals surface area contributed by atoms with Crippen molar-refractivity contribution in [1.29, 1.82) is 0 Å². The summed E-state index contributed by atoms with van der Waals surface area (Å²) in [6.07, 6.45) is 3.56. The smallest absolute Gasteiger partial charge is 0.336 e. The standard InChI is InChI=1S/C19H18F2N6O2/c20-12-6-14-18(21)17(7-13(12)24-14)29-19-23-8-15(25-26-19)11-2-1-10(5-16(11)28)27-4-3-22-9-27/h1-5,8-9,12-14,17-18,24,28H,6-7H2/t12-,13-,14-,17+,18+/m0/s1. The summed E-state index contributed by atoms with van der Waals surface area (Å²) >= 11 is 0. The van der Waals surface area contributed by atoms with E-state index in [1.165, 1.54) is 6.20 Å². The molecule has 0 amide bonds. The summed E-state index contributed by atoms with van der Waals surface area (Å²) in [5.74, 6) is 0.00806. The largest absolute Gasteiger partial charge is 0.507 e. The minimum Gasteiger partial charge on any atom is -0.507 e. The summed E-state index contributed by atoms with van der Waals surface area (Å²) in [4.78, 5) is 8.06. The summed E-state index contributed by atoms with van der Waals surface area (Å²) in [7, 11) is 0. The first-order chi connectivity index (χ1) is 14.1. The molecule has 2 aliphatic heterocycles. The lowest BCUT2D eigenvalue weighted by atomic mass is 10.0. The molecule has 29 heavy (non-hydrogen) atoms. The summed E-state index contributed by atoms with van der Waals surface area (Å²) < 4.78 is 35.6. The number of alkyl halides is 2. The van der Waals surface area contributed by atoms with Crippen molar-refractivity contribution >= 4 is 0 Å². The molecular weight excluding hydrogens is 382 g/mol. The molecule has 2 saturated heterocycles. The van der Waals surface area contributed by atoms with E-state index in [4.69, 9.17) is 4.74 Å². The van der Waals surface area contributed by atoms with Crippen LogP contribution in [0.3, 0.4) is 0 Å². The van der Waals surface area contributed by atoms with Crippen LogP contribution >= 0.6 is 0 Å². The highest BCUT2D eigenvalue weighted by Gasteiger charge is 2.48. The quantitative estimate of drug-likeness (QED) is 0.691. The average Bonchev–Trinajstić information content (AvgIpc) is 3.36. The Morgan fingerprint density at radius 1 is 1.17 bits per heavy atom. The number of aromatic nitrogens is 5. The number of phenolic OH excluding ortho intramolecular Hbond substituents is 1. The van der Waals surface area contributed by atoms with Crippen molar-refractivity contribution in [3.8, 4) is 28.7 Å². The van der Waals surface area contributed by atoms with Gasteiger partial charge in [0.1, 0.15) is 23.7 Å². The number of hydrogen-bond acceptors (Lipinski definition) is 7. The van der Waals surface area contributed by atoms with E-state index in [0.717, 1.165) is 5.69 Å². The van der Waals surface area contributed by atoms with E-state index >= 15 is 0 Å². The molecule has 5 rings (SSSR count). The average molecular weight is 400 g/mol. The molecule has 0 aliphatic carbocycles. The minimum atomic E-state index is -1.34. The number of rotatable bonds is 4. The van der Waals surface area contributed by atoms with E-state index in [1.54, 1.807) is 41.5 Å². The molecule has 5 atom stereocenters. The van der Waals surface area contributed by atoms with Gasteiger partial charge in [0.15, 0.2) is 6.17 Å². The summed E-state index contributed by atoms with van der Waals surface area (Å²) in [6.45, 7) is 0. The molecule has 0 unspecified atom stereocenters. The second kappa shape index (κ2) is 7.03. The van der Waals surface area contributed by atoms with Crippen molar-refractivity contribution in [1.82, 2.24) is 30.0 Å². The van der Waals surface area contributed by atoms with Crippen molar-refractivity contribution in [3.63, 3.8) is 0 Å². The van der Waals surface area contributed by atoms with E-state index in [9.17, 15) is 13.9 Å². The molecule has 150 valence electrons. The summed E-state index contributed by atoms with van der Waals surface area (Å²) in [5, 5.41) is 21.2. The number of ether oxygens (including phenoxy) is 1. The maximum atomic E-state index is 14.5. The molecule has 2 aromatic heterocycles. The molecule has 2 N–H and O–H groups in total. The molecule has 1 aromatic carbocycles. The Morgan fingerprint density at radius 3 is 2.79 bits per heavy atom. The normalized spacial score (nSPS) is 28.4. The van der Waals surface area contributed by atoms with Crippen LogP contribution in [0.5, 0.6) is 11.8 Å². The van der Waals surface area contributed by atoms with Crippen LogP contribution in [0.15, 0.2) is 43.1 Å². The van der Waals surface area contributed by atoms with Crippen LogP contribution in [-0.2, 0) is 0 Å². The number of nitrogens with zero attached hydrogens (tertiary/aromatic N) is 5. The van der Waals surface area contributed by atoms with Gasteiger partial charge in [-0.25, -0.2) is 18.7 Å². The second-order valence-corrected chi connectivity index (χ2v) is 7.27. The van der Waals surface area contributed by atoms with Gasteiger partial charge in [-0.05, 0) is 18.6 Å². The molecule has 8 nitrogen and oxygen atoms in total. The van der Waals surface area contributed by atoms with Gasteiger partial charge >= 0.3 is 6.01 Å². The zero-order valence-electron chi connectivity index (χ0n) is 15.2. The maximum absolute atomic E-state index is 14.5. The van der Waals surface area contributed by atoms with Crippen LogP contribution in [0.2, 0.25) is 0 Å². The van der Waals surface area contributed by atoms with E-state index < -0.39 is 30.5 Å². The van der Waals surface area contributed by atoms with Crippen molar-refractivity contribution in [2.75, 3.05) is 0 Å². The first-order valence-corrected chi connectivity index (χ1v) is 9.31. The zero-order chi connectivity index (χ0) is 20.0. The van der Waals surface area contributed by atoms with E-state index in [-0.39, 0.29) is 24.6 Å². The van der Waals surface area contributed by atoms with Gasteiger partial charge < -0.3 is 19.7 Å². The maximum Gasteiger partial charge on any atom is 0.336 e. The third-order valence-electron chi connectivity index (χ3n) is 5.43. The molecule has 2 bridgehead atoms. The van der Waals surface area contributed by atoms with Crippen LogP contribution in [0.4, 0.5) is 8.78 Å². The molecule has 2 aliphatic rings. The fourth-order valence-corrected chi connectivity index (χ4v) is 3.93. The van der Waals surface area contributed by atoms with Gasteiger partial charge in [0.05, 0.1) is 18.2 Å². The highest BCUT2D eigenvalue weighted by atomic mass is 19.1. The van der Waals surface area contributed by atoms with Gasteiger partial charge in [0.25, 0.3) is 0 Å². The van der Waals surface area contributed by atoms with Crippen LogP contribution < -0.4 is 10.1 Å². The van der Waals surface area contributed by atoms with Gasteiger partial charge in [-0.3, -0.25) is 0 Å². The molecule has 3 aromatic rings. The SMILES string of the molecule is Oc1cc(-n2ccnc2)ccc1-c1cnc(O[C@@H]2C[C@@H]3N[C@@H](C[C@@H]3F)[C@H]2F)nn1. The van der Waals surface area contributed by atoms with Crippen molar-refractivity contribution in [2.24, 2.45) is 0 Å². The number of phenols is 1. The number of benzene rings is 1. The van der Waals surface area contributed by atoms with Gasteiger partial charge in [-0.1, -0.05) is 5.10 Å². The Hall–Kier alpha value is -3.14. The van der Waals surface area contributed by atoms with Gasteiger partial charge in [0.2, 0.25) is 0 Å². The Bertz CT molecular complexity index is 998. The van der Waals surface area contributed by atoms with E-state index in [2.05, 4.69) is 25.5 Å². The number of hydrogen-bond donors (Lipinski definition) is 2. The Kier molecular flexibility index (Phi) is 4.35. The lowest BCUT2D eigenvalue weighted by Crippen LogP contribution is -2.52. The molecule has 0 radical (unpaired) electrons. The number of piperidine rings is 1. The summed E-state index contributed by atoms with van der Waals surface area (Å²) in [6, 6.07) is 4.04. The monoisotopic (exact) mass is 400 g/mol. The number of imidazole rings is 1. The predicted octanol–water partition coefficient (Wildman–Crippen LogP) is 1.99. The predicted molar refractivity (Wildman–Crippen MR) is 98.2 cm³/mol. The number of aromatic hydroxyl groups is 1. The van der Waals surface area contributed by atoms with E-state index in [0.29, 0.717) is 11.3 Å². The fourth-order valence-electron chi connectivity index (χ4n) is 3.93. The Labute approximate surface area is 164 Å². The van der Waals surface area contributed by atoms with E-state index in [1.807, 2.05) is 0 Å². The zero-order valence-corrected chi connectivity index (χ0v) is 15.2. The molecule has 4 heterocycles. The van der Waals surface area contributed by atoms with Gasteiger partial charge in [-0.2, -0.15) is 0 Å². The van der Waals surface area contributed by atoms with Crippen molar-refractivity contribution in [3.05, 3.63) is 43.1 Å². The van der Waals surface area contributed by atoms with Crippen molar-refractivity contribution in [2.45, 2.75) is 43.4 Å². The third kappa shape index (κ3) is 3.29. The fraction of sp³-hybridized carbons (Fsp3) is 0.368. The number of nitrogens with one attached hydrogen (secondary N) is 1. The first-order valence-electron chi connectivity index (χ1n) is 9.31. The highest BCUT2D eigenvalue weighted by molar-refractivity contribution is 5.67. The van der Waals surface area contributed by atoms with Crippen LogP contribution in [0, 0.1) is 0 Å². The van der Waals surface area contributed by atoms with Gasteiger partial charge in [-0.15, -0.1) is 5.10 Å². The Morgan fingerprint density at radius 2 is 2.07 bits per heavy atom. The third-order valence-corrected chi connectivity index (χ3v) is 5.43. The highest BCUT2D eigenvalue weighted by Crippen LogP contribution is 2.33.